The van der Waals surface area contributed by atoms with Crippen LogP contribution in [0.4, 0.5) is 0 Å². The zero-order chi connectivity index (χ0) is 29.4. The van der Waals surface area contributed by atoms with E-state index >= 15 is 0 Å². The second-order valence-corrected chi connectivity index (χ2v) is 11.5. The number of hydrogen-bond donors (Lipinski definition) is 1. The van der Waals surface area contributed by atoms with E-state index in [1.54, 1.807) is 31.5 Å². The number of carbonyl (C=O) groups is 1. The second kappa shape index (κ2) is 15.1. The molecule has 0 bridgehead atoms. The van der Waals surface area contributed by atoms with Crippen molar-refractivity contribution in [3.05, 3.63) is 86.0 Å². The van der Waals surface area contributed by atoms with Crippen molar-refractivity contribution in [3.8, 4) is 11.6 Å². The average molecular weight is 621 g/mol. The lowest BCUT2D eigenvalue weighted by Crippen LogP contribution is -2.41. The van der Waals surface area contributed by atoms with E-state index in [0.29, 0.717) is 46.3 Å². The summed E-state index contributed by atoms with van der Waals surface area (Å²) < 4.78 is 16.6. The molecule has 1 amide bonds. The third-order valence-corrected chi connectivity index (χ3v) is 7.88. The molecule has 1 atom stereocenters. The predicted octanol–water partition coefficient (Wildman–Crippen LogP) is 6.31. The molecular formula is C31H36Cl3N3O4. The molecule has 7 nitrogen and oxygen atoms in total. The van der Waals surface area contributed by atoms with E-state index in [-0.39, 0.29) is 37.6 Å². The molecule has 0 aliphatic heterocycles. The van der Waals surface area contributed by atoms with Crippen LogP contribution in [0.2, 0.25) is 15.1 Å². The monoisotopic (exact) mass is 619 g/mol. The maximum atomic E-state index is 13.7. The first-order valence-electron chi connectivity index (χ1n) is 13.7. The molecule has 2 aromatic carbocycles. The predicted molar refractivity (Wildman–Crippen MR) is 163 cm³/mol. The van der Waals surface area contributed by atoms with Crippen molar-refractivity contribution in [1.29, 1.82) is 0 Å². The number of ether oxygens (including phenoxy) is 3. The highest BCUT2D eigenvalue weighted by molar-refractivity contribution is 6.37. The van der Waals surface area contributed by atoms with Gasteiger partial charge in [-0.1, -0.05) is 53.0 Å². The second-order valence-electron chi connectivity index (χ2n) is 10.3. The normalized spacial score (nSPS) is 13.6. The Labute approximate surface area is 256 Å². The van der Waals surface area contributed by atoms with Gasteiger partial charge in [0.05, 0.1) is 22.6 Å². The number of hydrogen-bond acceptors (Lipinski definition) is 6. The third kappa shape index (κ3) is 8.97. The maximum absolute atomic E-state index is 13.7. The van der Waals surface area contributed by atoms with Crippen LogP contribution in [0.5, 0.6) is 11.6 Å². The van der Waals surface area contributed by atoms with Crippen molar-refractivity contribution in [2.45, 2.75) is 45.2 Å². The Morgan fingerprint density at radius 1 is 1.00 bits per heavy atom. The molecule has 1 heterocycles. The quantitative estimate of drug-likeness (QED) is 0.201. The number of aryl methyl sites for hydroxylation is 1. The highest BCUT2D eigenvalue weighted by Crippen LogP contribution is 2.34. The van der Waals surface area contributed by atoms with Gasteiger partial charge in [-0.25, -0.2) is 4.98 Å². The van der Waals surface area contributed by atoms with E-state index in [9.17, 15) is 4.79 Å². The van der Waals surface area contributed by atoms with Gasteiger partial charge in [-0.2, -0.15) is 0 Å². The van der Waals surface area contributed by atoms with Crippen LogP contribution in [0.3, 0.4) is 0 Å². The first-order valence-corrected chi connectivity index (χ1v) is 14.8. The number of aromatic nitrogens is 1. The van der Waals surface area contributed by atoms with Crippen LogP contribution in [-0.2, 0) is 28.9 Å². The molecule has 0 saturated heterocycles. The number of methoxy groups -OCH3 is 1. The van der Waals surface area contributed by atoms with Crippen LogP contribution in [0.1, 0.15) is 35.1 Å². The minimum absolute atomic E-state index is 0.0410. The number of halogens is 3. The van der Waals surface area contributed by atoms with Gasteiger partial charge in [-0.3, -0.25) is 4.79 Å². The molecule has 1 fully saturated rings. The van der Waals surface area contributed by atoms with Gasteiger partial charge in [-0.05, 0) is 73.1 Å². The Hall–Kier alpha value is -2.55. The fourth-order valence-corrected chi connectivity index (χ4v) is 5.49. The van der Waals surface area contributed by atoms with Crippen molar-refractivity contribution in [2.75, 3.05) is 33.5 Å². The topological polar surface area (TPSA) is 86.9 Å². The largest absolute Gasteiger partial charge is 0.487 e. The molecule has 1 aliphatic carbocycles. The summed E-state index contributed by atoms with van der Waals surface area (Å²) in [6.07, 6.45) is 4.98. The number of nitrogens with two attached hydrogens (primary N) is 1. The van der Waals surface area contributed by atoms with Gasteiger partial charge >= 0.3 is 0 Å². The van der Waals surface area contributed by atoms with E-state index in [1.807, 2.05) is 30.0 Å². The molecule has 1 aromatic heterocycles. The van der Waals surface area contributed by atoms with Gasteiger partial charge in [0, 0.05) is 43.5 Å². The molecule has 0 radical (unpaired) electrons. The van der Waals surface area contributed by atoms with Crippen LogP contribution < -0.4 is 15.2 Å². The molecule has 220 valence electrons. The van der Waals surface area contributed by atoms with Crippen molar-refractivity contribution in [2.24, 2.45) is 11.7 Å². The Morgan fingerprint density at radius 3 is 2.34 bits per heavy atom. The molecule has 3 aromatic rings. The minimum atomic E-state index is -0.364. The first kappa shape index (κ1) is 31.4. The fourth-order valence-electron chi connectivity index (χ4n) is 4.60. The molecule has 41 heavy (non-hydrogen) atoms. The summed E-state index contributed by atoms with van der Waals surface area (Å²) in [4.78, 5) is 20.0. The number of benzene rings is 2. The molecule has 1 saturated carbocycles. The lowest BCUT2D eigenvalue weighted by Gasteiger charge is -2.28. The Balaban J connectivity index is 1.32. The van der Waals surface area contributed by atoms with Crippen LogP contribution in [0, 0.1) is 12.8 Å². The molecule has 1 unspecified atom stereocenters. The zero-order valence-electron chi connectivity index (χ0n) is 23.4. The molecule has 10 heteroatoms. The van der Waals surface area contributed by atoms with Gasteiger partial charge in [0.25, 0.3) is 0 Å². The molecular weight excluding hydrogens is 585 g/mol. The smallest absolute Gasteiger partial charge is 0.227 e. The van der Waals surface area contributed by atoms with Crippen molar-refractivity contribution >= 4 is 40.7 Å². The van der Waals surface area contributed by atoms with Crippen molar-refractivity contribution in [3.63, 3.8) is 0 Å². The molecule has 2 N–H and O–H groups in total. The van der Waals surface area contributed by atoms with Gasteiger partial charge in [0.15, 0.2) is 5.75 Å². The van der Waals surface area contributed by atoms with Crippen LogP contribution in [-0.4, -0.2) is 55.3 Å². The van der Waals surface area contributed by atoms with Gasteiger partial charge in [-0.15, -0.1) is 0 Å². The van der Waals surface area contributed by atoms with Crippen molar-refractivity contribution in [1.82, 2.24) is 9.88 Å². The number of pyridine rings is 1. The summed E-state index contributed by atoms with van der Waals surface area (Å²) in [6, 6.07) is 13.5. The SMILES string of the molecule is COCCc1ccc(Cl)c(CN(C(=O)C(CN)Cc2ccc(OCCOc3c(Cl)cc(C)cc3Cl)nc2)C2CC2)c1. The lowest BCUT2D eigenvalue weighted by atomic mass is 9.98. The van der Waals surface area contributed by atoms with Crippen molar-refractivity contribution < 1.29 is 19.0 Å². The van der Waals surface area contributed by atoms with Crippen LogP contribution >= 0.6 is 34.8 Å². The van der Waals surface area contributed by atoms with E-state index in [0.717, 1.165) is 41.5 Å². The van der Waals surface area contributed by atoms with Crippen LogP contribution in [0.15, 0.2) is 48.7 Å². The van der Waals surface area contributed by atoms with Gasteiger partial charge < -0.3 is 24.8 Å². The number of rotatable bonds is 15. The molecule has 4 rings (SSSR count). The van der Waals surface area contributed by atoms with Gasteiger partial charge in [0.1, 0.15) is 13.2 Å². The standard InChI is InChI=1S/C31H36Cl3N3O4/c1-20-13-27(33)30(28(34)14-20)41-12-11-40-29-8-4-22(18-36-29)16-23(17-35)31(38)37(25-5-6-25)19-24-15-21(9-10-39-2)3-7-26(24)32/h3-4,7-8,13-15,18,23,25H,5-6,9-12,16-17,19,35H2,1-2H3. The minimum Gasteiger partial charge on any atom is -0.487 e. The summed E-state index contributed by atoms with van der Waals surface area (Å²) in [7, 11) is 1.68. The first-order chi connectivity index (χ1) is 19.8. The summed E-state index contributed by atoms with van der Waals surface area (Å²) in [5, 5.41) is 1.57. The summed E-state index contributed by atoms with van der Waals surface area (Å²) >= 11 is 19.0. The third-order valence-electron chi connectivity index (χ3n) is 6.95. The summed E-state index contributed by atoms with van der Waals surface area (Å²) in [5.74, 6) is 0.567. The number of amides is 1. The Bertz CT molecular complexity index is 1300. The summed E-state index contributed by atoms with van der Waals surface area (Å²) in [5.41, 5.74) is 10.0. The fraction of sp³-hybridized carbons (Fsp3) is 0.419. The Kier molecular flexibility index (Phi) is 11.5. The summed E-state index contributed by atoms with van der Waals surface area (Å²) in [6.45, 7) is 3.77. The average Bonchev–Trinajstić information content (AvgIpc) is 3.79. The Morgan fingerprint density at radius 2 is 1.71 bits per heavy atom. The maximum Gasteiger partial charge on any atom is 0.227 e. The zero-order valence-corrected chi connectivity index (χ0v) is 25.6. The number of carbonyl (C=O) groups excluding carboxylic acids is 1. The highest BCUT2D eigenvalue weighted by Gasteiger charge is 2.35. The van der Waals surface area contributed by atoms with Crippen LogP contribution in [0.25, 0.3) is 0 Å². The highest BCUT2D eigenvalue weighted by atomic mass is 35.5. The molecule has 1 aliphatic rings. The molecule has 0 spiro atoms. The van der Waals surface area contributed by atoms with E-state index in [1.165, 1.54) is 0 Å². The number of nitrogens with zero attached hydrogens (tertiary/aromatic N) is 2. The van der Waals surface area contributed by atoms with E-state index < -0.39 is 0 Å². The van der Waals surface area contributed by atoms with E-state index in [2.05, 4.69) is 11.1 Å². The van der Waals surface area contributed by atoms with Gasteiger partial charge in [0.2, 0.25) is 11.8 Å². The lowest BCUT2D eigenvalue weighted by molar-refractivity contribution is -0.136. The van der Waals surface area contributed by atoms with E-state index in [4.69, 9.17) is 54.7 Å².